The van der Waals surface area contributed by atoms with Crippen LogP contribution in [0.4, 0.5) is 0 Å². The van der Waals surface area contributed by atoms with Crippen LogP contribution in [-0.4, -0.2) is 53.4 Å². The molecule has 0 bridgehead atoms. The first-order valence-electron chi connectivity index (χ1n) is 10.0. The van der Waals surface area contributed by atoms with Gasteiger partial charge in [-0.2, -0.15) is 5.10 Å². The van der Waals surface area contributed by atoms with Gasteiger partial charge < -0.3 is 15.5 Å². The Balaban J connectivity index is 1.47. The van der Waals surface area contributed by atoms with E-state index in [0.29, 0.717) is 12.6 Å². The topological polar surface area (TPSA) is 57.5 Å². The molecule has 2 aromatic rings. The van der Waals surface area contributed by atoms with Crippen molar-refractivity contribution in [2.45, 2.75) is 39.3 Å². The molecular formula is C21H31ClN6. The first-order chi connectivity index (χ1) is 13.5. The molecule has 3 rings (SSSR count). The van der Waals surface area contributed by atoms with Gasteiger partial charge in [-0.15, -0.1) is 0 Å². The van der Waals surface area contributed by atoms with Crippen molar-refractivity contribution in [1.29, 1.82) is 0 Å². The maximum absolute atomic E-state index is 5.95. The fourth-order valence-corrected chi connectivity index (χ4v) is 3.66. The van der Waals surface area contributed by atoms with E-state index in [2.05, 4.69) is 39.5 Å². The average molecular weight is 403 g/mol. The number of guanidine groups is 1. The monoisotopic (exact) mass is 402 g/mol. The number of piperidine rings is 1. The Morgan fingerprint density at radius 2 is 1.96 bits per heavy atom. The number of benzene rings is 1. The maximum atomic E-state index is 5.95. The van der Waals surface area contributed by atoms with Gasteiger partial charge in [-0.3, -0.25) is 4.99 Å². The van der Waals surface area contributed by atoms with E-state index in [1.165, 1.54) is 6.54 Å². The lowest BCUT2D eigenvalue weighted by Crippen LogP contribution is -2.48. The molecule has 0 spiro atoms. The van der Waals surface area contributed by atoms with Crippen LogP contribution in [-0.2, 0) is 6.54 Å². The SMILES string of the molecule is CN=C(NCc1cnn(-c2ccc(Cl)cc2)c1)NC1CCN(CC(C)C)CC1. The second-order valence-corrected chi connectivity index (χ2v) is 8.24. The first kappa shape index (κ1) is 20.7. The van der Waals surface area contributed by atoms with E-state index in [0.717, 1.165) is 54.1 Å². The molecule has 0 aliphatic carbocycles. The zero-order valence-electron chi connectivity index (χ0n) is 17.0. The van der Waals surface area contributed by atoms with Gasteiger partial charge in [0.2, 0.25) is 0 Å². The van der Waals surface area contributed by atoms with Gasteiger partial charge in [0, 0.05) is 56.1 Å². The van der Waals surface area contributed by atoms with Crippen molar-refractivity contribution >= 4 is 17.6 Å². The molecule has 1 aromatic heterocycles. The number of halogens is 1. The Hall–Kier alpha value is -2.05. The number of likely N-dealkylation sites (tertiary alicyclic amines) is 1. The molecule has 0 atom stereocenters. The van der Waals surface area contributed by atoms with Gasteiger partial charge in [-0.1, -0.05) is 25.4 Å². The van der Waals surface area contributed by atoms with Gasteiger partial charge in [0.25, 0.3) is 0 Å². The molecule has 2 N–H and O–H groups in total. The summed E-state index contributed by atoms with van der Waals surface area (Å²) in [6.45, 7) is 8.74. The molecule has 1 aliphatic rings. The quantitative estimate of drug-likeness (QED) is 0.575. The van der Waals surface area contributed by atoms with Gasteiger partial charge in [0.05, 0.1) is 11.9 Å². The molecule has 7 heteroatoms. The van der Waals surface area contributed by atoms with E-state index >= 15 is 0 Å². The van der Waals surface area contributed by atoms with Gasteiger partial charge >= 0.3 is 0 Å². The van der Waals surface area contributed by atoms with Crippen LogP contribution in [0.2, 0.25) is 5.02 Å². The summed E-state index contributed by atoms with van der Waals surface area (Å²) in [5, 5.41) is 12.1. The van der Waals surface area contributed by atoms with Crippen molar-refractivity contribution in [1.82, 2.24) is 25.3 Å². The number of aliphatic imine (C=N–C) groups is 1. The summed E-state index contributed by atoms with van der Waals surface area (Å²) in [5.74, 6) is 1.58. The molecular weight excluding hydrogens is 372 g/mol. The zero-order chi connectivity index (χ0) is 19.9. The summed E-state index contributed by atoms with van der Waals surface area (Å²) >= 11 is 5.95. The molecule has 1 aromatic carbocycles. The molecule has 152 valence electrons. The Kier molecular flexibility index (Phi) is 7.34. The minimum atomic E-state index is 0.478. The maximum Gasteiger partial charge on any atom is 0.191 e. The number of hydrogen-bond donors (Lipinski definition) is 2. The summed E-state index contributed by atoms with van der Waals surface area (Å²) in [5.41, 5.74) is 2.09. The van der Waals surface area contributed by atoms with Crippen LogP contribution in [0.5, 0.6) is 0 Å². The molecule has 1 aliphatic heterocycles. The molecule has 0 amide bonds. The first-order valence-corrected chi connectivity index (χ1v) is 10.4. The van der Waals surface area contributed by atoms with E-state index in [9.17, 15) is 0 Å². The highest BCUT2D eigenvalue weighted by atomic mass is 35.5. The van der Waals surface area contributed by atoms with Gasteiger partial charge in [0.15, 0.2) is 5.96 Å². The Labute approximate surface area is 173 Å². The molecule has 0 saturated carbocycles. The minimum absolute atomic E-state index is 0.478. The second-order valence-electron chi connectivity index (χ2n) is 7.81. The van der Waals surface area contributed by atoms with Crippen molar-refractivity contribution in [2.24, 2.45) is 10.9 Å². The molecule has 0 unspecified atom stereocenters. The van der Waals surface area contributed by atoms with Crippen molar-refractivity contribution < 1.29 is 0 Å². The zero-order valence-corrected chi connectivity index (χ0v) is 17.8. The van der Waals surface area contributed by atoms with Gasteiger partial charge in [0.1, 0.15) is 0 Å². The van der Waals surface area contributed by atoms with Crippen LogP contribution in [0.1, 0.15) is 32.3 Å². The highest BCUT2D eigenvalue weighted by Crippen LogP contribution is 2.14. The van der Waals surface area contributed by atoms with E-state index in [4.69, 9.17) is 11.6 Å². The summed E-state index contributed by atoms with van der Waals surface area (Å²) in [6.07, 6.45) is 6.21. The van der Waals surface area contributed by atoms with E-state index in [-0.39, 0.29) is 0 Å². The lowest BCUT2D eigenvalue weighted by atomic mass is 10.0. The van der Waals surface area contributed by atoms with Crippen LogP contribution >= 0.6 is 11.6 Å². The number of hydrogen-bond acceptors (Lipinski definition) is 3. The van der Waals surface area contributed by atoms with Crippen molar-refractivity contribution in [3.63, 3.8) is 0 Å². The largest absolute Gasteiger partial charge is 0.354 e. The van der Waals surface area contributed by atoms with E-state index in [1.54, 1.807) is 0 Å². The lowest BCUT2D eigenvalue weighted by molar-refractivity contribution is 0.187. The highest BCUT2D eigenvalue weighted by molar-refractivity contribution is 6.30. The van der Waals surface area contributed by atoms with Crippen LogP contribution < -0.4 is 10.6 Å². The smallest absolute Gasteiger partial charge is 0.191 e. The van der Waals surface area contributed by atoms with Crippen LogP contribution in [0.15, 0.2) is 41.7 Å². The predicted molar refractivity (Wildman–Crippen MR) is 116 cm³/mol. The lowest BCUT2D eigenvalue weighted by Gasteiger charge is -2.33. The van der Waals surface area contributed by atoms with Crippen molar-refractivity contribution in [2.75, 3.05) is 26.7 Å². The normalized spacial score (nSPS) is 16.5. The summed E-state index contributed by atoms with van der Waals surface area (Å²) in [6, 6.07) is 8.13. The predicted octanol–water partition coefficient (Wildman–Crippen LogP) is 3.31. The van der Waals surface area contributed by atoms with Crippen molar-refractivity contribution in [3.05, 3.63) is 47.2 Å². The molecule has 0 radical (unpaired) electrons. The molecule has 1 fully saturated rings. The van der Waals surface area contributed by atoms with E-state index in [1.807, 2.05) is 48.4 Å². The molecule has 28 heavy (non-hydrogen) atoms. The van der Waals surface area contributed by atoms with Crippen LogP contribution in [0, 0.1) is 5.92 Å². The summed E-state index contributed by atoms with van der Waals surface area (Å²) in [4.78, 5) is 6.94. The Morgan fingerprint density at radius 3 is 2.61 bits per heavy atom. The fraction of sp³-hybridized carbons (Fsp3) is 0.524. The average Bonchev–Trinajstić information content (AvgIpc) is 3.15. The highest BCUT2D eigenvalue weighted by Gasteiger charge is 2.20. The number of nitrogens with one attached hydrogen (secondary N) is 2. The number of nitrogens with zero attached hydrogens (tertiary/aromatic N) is 4. The van der Waals surface area contributed by atoms with E-state index < -0.39 is 0 Å². The Bertz CT molecular complexity index is 759. The molecule has 1 saturated heterocycles. The third-order valence-corrected chi connectivity index (χ3v) is 5.21. The van der Waals surface area contributed by atoms with Crippen LogP contribution in [0.25, 0.3) is 5.69 Å². The number of aromatic nitrogens is 2. The minimum Gasteiger partial charge on any atom is -0.354 e. The summed E-state index contributed by atoms with van der Waals surface area (Å²) < 4.78 is 1.86. The number of rotatable bonds is 6. The standard InChI is InChI=1S/C21H31ClN6/c1-16(2)14-27-10-8-19(9-11-27)26-21(23-3)24-12-17-13-25-28(15-17)20-6-4-18(22)5-7-20/h4-7,13,15-16,19H,8-12,14H2,1-3H3,(H2,23,24,26). The van der Waals surface area contributed by atoms with Crippen LogP contribution in [0.3, 0.4) is 0 Å². The third-order valence-electron chi connectivity index (χ3n) is 4.96. The fourth-order valence-electron chi connectivity index (χ4n) is 3.54. The summed E-state index contributed by atoms with van der Waals surface area (Å²) in [7, 11) is 1.82. The second kappa shape index (κ2) is 9.94. The van der Waals surface area contributed by atoms with Gasteiger partial charge in [-0.25, -0.2) is 4.68 Å². The third kappa shape index (κ3) is 5.97. The Morgan fingerprint density at radius 1 is 1.25 bits per heavy atom. The van der Waals surface area contributed by atoms with Crippen molar-refractivity contribution in [3.8, 4) is 5.69 Å². The molecule has 6 nitrogen and oxygen atoms in total. The molecule has 2 heterocycles. The van der Waals surface area contributed by atoms with Gasteiger partial charge in [-0.05, 0) is 43.0 Å².